The largest absolute Gasteiger partial charge is 0.497 e. The van der Waals surface area contributed by atoms with Crippen LogP contribution >= 0.6 is 0 Å². The lowest BCUT2D eigenvalue weighted by atomic mass is 9.77. The number of hydrogen-bond acceptors (Lipinski definition) is 5. The van der Waals surface area contributed by atoms with Crippen molar-refractivity contribution in [3.05, 3.63) is 124 Å². The van der Waals surface area contributed by atoms with Crippen molar-refractivity contribution in [2.75, 3.05) is 12.4 Å². The molecule has 0 unspecified atom stereocenters. The lowest BCUT2D eigenvalue weighted by molar-refractivity contribution is -0.0962. The van der Waals surface area contributed by atoms with E-state index in [-0.39, 0.29) is 5.92 Å². The van der Waals surface area contributed by atoms with Crippen LogP contribution in [0.2, 0.25) is 0 Å². The Balaban J connectivity index is 1.60. The first-order valence-electron chi connectivity index (χ1n) is 14.3. The highest BCUT2D eigenvalue weighted by molar-refractivity contribution is 5.58. The molecule has 1 aliphatic heterocycles. The van der Waals surface area contributed by atoms with Crippen LogP contribution in [0.15, 0.2) is 102 Å². The molecule has 0 amide bonds. The van der Waals surface area contributed by atoms with Crippen molar-refractivity contribution in [1.82, 2.24) is 9.55 Å². The molecule has 1 aliphatic rings. The van der Waals surface area contributed by atoms with Gasteiger partial charge >= 0.3 is 5.69 Å². The fraction of sp³-hybridized carbons (Fsp3) is 0.353. The molecule has 0 radical (unpaired) electrons. The Labute approximate surface area is 241 Å². The molecule has 1 fully saturated rings. The van der Waals surface area contributed by atoms with Crippen molar-refractivity contribution >= 4 is 5.82 Å². The normalized spacial score (nSPS) is 22.4. The summed E-state index contributed by atoms with van der Waals surface area (Å²) in [5, 5.41) is 3.61. The minimum atomic E-state index is -1.31. The van der Waals surface area contributed by atoms with Crippen LogP contribution in [0.4, 0.5) is 10.2 Å². The van der Waals surface area contributed by atoms with Crippen LogP contribution in [0.5, 0.6) is 5.75 Å². The maximum absolute atomic E-state index is 15.6. The van der Waals surface area contributed by atoms with Gasteiger partial charge in [-0.15, -0.1) is 0 Å². The van der Waals surface area contributed by atoms with Gasteiger partial charge in [0.25, 0.3) is 0 Å². The zero-order valence-electron chi connectivity index (χ0n) is 24.1. The Morgan fingerprint density at radius 2 is 1.54 bits per heavy atom. The Bertz CT molecular complexity index is 1450. The lowest BCUT2D eigenvalue weighted by Crippen LogP contribution is -2.39. The monoisotopic (exact) mass is 555 g/mol. The minimum absolute atomic E-state index is 0.332. The van der Waals surface area contributed by atoms with Crippen LogP contribution in [0, 0.1) is 5.92 Å². The Morgan fingerprint density at radius 3 is 2.05 bits per heavy atom. The lowest BCUT2D eigenvalue weighted by Gasteiger charge is -2.37. The number of methoxy groups -OCH3 is 1. The zero-order valence-corrected chi connectivity index (χ0v) is 24.1. The summed E-state index contributed by atoms with van der Waals surface area (Å²) in [6.07, 6.45) is 1.56. The number of halogens is 1. The van der Waals surface area contributed by atoms with Gasteiger partial charge in [-0.2, -0.15) is 4.98 Å². The maximum atomic E-state index is 15.6. The molecule has 4 atom stereocenters. The highest BCUT2D eigenvalue weighted by atomic mass is 19.1. The molecule has 1 saturated heterocycles. The third-order valence-electron chi connectivity index (χ3n) is 8.56. The van der Waals surface area contributed by atoms with Crippen molar-refractivity contribution in [1.29, 1.82) is 0 Å². The second kappa shape index (κ2) is 11.9. The van der Waals surface area contributed by atoms with Crippen molar-refractivity contribution in [2.45, 2.75) is 63.6 Å². The third-order valence-corrected chi connectivity index (χ3v) is 8.56. The molecular weight excluding hydrogens is 517 g/mol. The quantitative estimate of drug-likeness (QED) is 0.211. The van der Waals surface area contributed by atoms with Gasteiger partial charge in [0.2, 0.25) is 0 Å². The predicted octanol–water partition coefficient (Wildman–Crippen LogP) is 7.11. The van der Waals surface area contributed by atoms with Crippen LogP contribution < -0.4 is 15.7 Å². The summed E-state index contributed by atoms with van der Waals surface area (Å²) in [4.78, 5) is 17.9. The zero-order chi connectivity index (χ0) is 29.0. The highest BCUT2D eigenvalue weighted by Gasteiger charge is 2.52. The van der Waals surface area contributed by atoms with Crippen molar-refractivity contribution in [2.24, 2.45) is 5.92 Å². The Morgan fingerprint density at radius 1 is 0.951 bits per heavy atom. The van der Waals surface area contributed by atoms with Gasteiger partial charge in [0.05, 0.1) is 12.7 Å². The molecule has 41 heavy (non-hydrogen) atoms. The molecule has 214 valence electrons. The summed E-state index contributed by atoms with van der Waals surface area (Å²) in [7, 11) is 1.64. The number of aromatic nitrogens is 2. The number of nitrogens with one attached hydrogen (secondary N) is 1. The maximum Gasteiger partial charge on any atom is 0.351 e. The van der Waals surface area contributed by atoms with E-state index >= 15 is 4.39 Å². The van der Waals surface area contributed by atoms with Gasteiger partial charge < -0.3 is 14.8 Å². The number of hydrogen-bond donors (Lipinski definition) is 1. The fourth-order valence-electron chi connectivity index (χ4n) is 6.25. The van der Waals surface area contributed by atoms with Gasteiger partial charge in [0, 0.05) is 12.1 Å². The first-order chi connectivity index (χ1) is 19.9. The van der Waals surface area contributed by atoms with E-state index in [4.69, 9.17) is 9.47 Å². The molecule has 6 nitrogen and oxygen atoms in total. The van der Waals surface area contributed by atoms with Crippen molar-refractivity contribution < 1.29 is 13.9 Å². The number of nitrogens with zero attached hydrogens (tertiary/aromatic N) is 2. The molecule has 0 spiro atoms. The molecule has 0 bridgehead atoms. The number of rotatable bonds is 10. The van der Waals surface area contributed by atoms with Gasteiger partial charge in [0.15, 0.2) is 12.4 Å². The average Bonchev–Trinajstić information content (AvgIpc) is 3.26. The van der Waals surface area contributed by atoms with E-state index in [2.05, 4.69) is 17.2 Å². The standard InChI is InChI=1S/C34H38FN3O3/c1-5-22-33(6-2)24(3)30(35)31(41-33)38-23-21-29(36-32(38)39)37-34(25-13-9-7-10-14-25,26-15-11-8-12-16-26)27-17-19-28(40-4)20-18-27/h7-21,23-24,30-31H,5-6,22H2,1-4H3,(H,36,37,39)/t24-,30+,31+,33-/m0/s1. The van der Waals surface area contributed by atoms with Crippen molar-refractivity contribution in [3.63, 3.8) is 0 Å². The van der Waals surface area contributed by atoms with Gasteiger partial charge in [-0.3, -0.25) is 4.57 Å². The van der Waals surface area contributed by atoms with Gasteiger partial charge in [-0.05, 0) is 47.7 Å². The van der Waals surface area contributed by atoms with E-state index < -0.39 is 29.2 Å². The molecule has 5 rings (SSSR count). The van der Waals surface area contributed by atoms with Gasteiger partial charge in [0.1, 0.15) is 17.1 Å². The van der Waals surface area contributed by atoms with Crippen molar-refractivity contribution in [3.8, 4) is 5.75 Å². The Hall–Kier alpha value is -3.97. The first kappa shape index (κ1) is 28.6. The van der Waals surface area contributed by atoms with Gasteiger partial charge in [-0.25, -0.2) is 9.18 Å². The summed E-state index contributed by atoms with van der Waals surface area (Å²) in [6, 6.07) is 29.6. The second-order valence-electron chi connectivity index (χ2n) is 10.7. The summed E-state index contributed by atoms with van der Waals surface area (Å²) in [6.45, 7) is 5.96. The van der Waals surface area contributed by atoms with Crippen LogP contribution in [-0.2, 0) is 10.3 Å². The molecule has 4 aromatic rings. The summed E-state index contributed by atoms with van der Waals surface area (Å²) in [5.74, 6) is 0.773. The molecule has 0 aliphatic carbocycles. The van der Waals surface area contributed by atoms with Gasteiger partial charge in [-0.1, -0.05) is 100.0 Å². The van der Waals surface area contributed by atoms with Crippen LogP contribution in [0.25, 0.3) is 0 Å². The van der Waals surface area contributed by atoms with E-state index in [0.29, 0.717) is 12.2 Å². The molecule has 2 heterocycles. The summed E-state index contributed by atoms with van der Waals surface area (Å²) >= 11 is 0. The van der Waals surface area contributed by atoms with Crippen LogP contribution in [-0.4, -0.2) is 28.4 Å². The van der Waals surface area contributed by atoms with Crippen LogP contribution in [0.3, 0.4) is 0 Å². The molecule has 1 aromatic heterocycles. The molecular formula is C34H38FN3O3. The van der Waals surface area contributed by atoms with E-state index in [0.717, 1.165) is 35.3 Å². The summed E-state index contributed by atoms with van der Waals surface area (Å²) < 4.78 is 28.6. The van der Waals surface area contributed by atoms with E-state index in [1.807, 2.05) is 98.8 Å². The number of ether oxygens (including phenoxy) is 2. The predicted molar refractivity (Wildman–Crippen MR) is 160 cm³/mol. The molecule has 1 N–H and O–H groups in total. The summed E-state index contributed by atoms with van der Waals surface area (Å²) in [5.41, 5.74) is 0.811. The fourth-order valence-corrected chi connectivity index (χ4v) is 6.25. The Kier molecular flexibility index (Phi) is 8.27. The highest BCUT2D eigenvalue weighted by Crippen LogP contribution is 2.47. The number of alkyl halides is 1. The molecule has 3 aromatic carbocycles. The van der Waals surface area contributed by atoms with E-state index in [1.54, 1.807) is 19.4 Å². The first-order valence-corrected chi connectivity index (χ1v) is 14.3. The number of anilines is 1. The number of benzene rings is 3. The van der Waals surface area contributed by atoms with Crippen LogP contribution in [0.1, 0.15) is 63.0 Å². The smallest absolute Gasteiger partial charge is 0.351 e. The molecule has 0 saturated carbocycles. The topological polar surface area (TPSA) is 65.4 Å². The second-order valence-corrected chi connectivity index (χ2v) is 10.7. The average molecular weight is 556 g/mol. The minimum Gasteiger partial charge on any atom is -0.497 e. The van der Waals surface area contributed by atoms with E-state index in [9.17, 15) is 4.79 Å². The third kappa shape index (κ3) is 5.15. The SMILES string of the molecule is CCC[C@]1(CC)O[C@@H](n2ccc(NC(c3ccccc3)(c3ccccc3)c3ccc(OC)cc3)nc2=O)[C@H](F)[C@@H]1C. The van der Waals surface area contributed by atoms with E-state index in [1.165, 1.54) is 4.57 Å². The molecule has 7 heteroatoms.